The number of carbonyl (C=O) groups is 3. The second-order valence-electron chi connectivity index (χ2n) is 24.5. The van der Waals surface area contributed by atoms with E-state index in [1.165, 1.54) is 0 Å². The molecule has 3 amide bonds. The van der Waals surface area contributed by atoms with Crippen LogP contribution in [-0.2, 0) is 86.7 Å². The van der Waals surface area contributed by atoms with E-state index < -0.39 is 78.2 Å². The molecular formula is C72H80F3N15O15S3. The third-order valence-corrected chi connectivity index (χ3v) is 17.8. The lowest BCUT2D eigenvalue weighted by molar-refractivity contribution is -0.137. The Balaban J connectivity index is 0.000000207. The summed E-state index contributed by atoms with van der Waals surface area (Å²) in [5, 5.41) is 46.0. The molecule has 572 valence electrons. The summed E-state index contributed by atoms with van der Waals surface area (Å²) in [7, 11) is -12.9. The molecule has 36 heteroatoms. The molecule has 3 aromatic heterocycles. The van der Waals surface area contributed by atoms with E-state index in [9.17, 15) is 52.8 Å². The van der Waals surface area contributed by atoms with Gasteiger partial charge in [0.1, 0.15) is 48.1 Å². The first-order valence-electron chi connectivity index (χ1n) is 32.7. The van der Waals surface area contributed by atoms with Gasteiger partial charge in [0.25, 0.3) is 48.3 Å². The monoisotopic (exact) mass is 1550 g/mol. The number of fused-ring (bicyclic) bond motifs is 3. The van der Waals surface area contributed by atoms with Crippen LogP contribution in [0.1, 0.15) is 122 Å². The molecule has 3 unspecified atom stereocenters. The summed E-state index contributed by atoms with van der Waals surface area (Å²) in [6.07, 6.45) is 3.84. The Morgan fingerprint density at radius 1 is 0.509 bits per heavy atom. The second kappa shape index (κ2) is 35.0. The highest BCUT2D eigenvalue weighted by molar-refractivity contribution is 7.88. The molecule has 0 saturated carbocycles. The van der Waals surface area contributed by atoms with Crippen molar-refractivity contribution in [2.45, 2.75) is 98.6 Å². The normalized spacial score (nSPS) is 13.1. The van der Waals surface area contributed by atoms with Crippen molar-refractivity contribution in [1.29, 1.82) is 0 Å². The number of nitrogens with two attached hydrogens (primary N) is 6. The number of nitrogens with one attached hydrogen (secondary N) is 6. The number of rotatable bonds is 27. The molecule has 7 aromatic carbocycles. The maximum absolute atomic E-state index is 13.1. The van der Waals surface area contributed by atoms with Gasteiger partial charge in [0.15, 0.2) is 17.5 Å². The Labute approximate surface area is 619 Å². The zero-order valence-corrected chi connectivity index (χ0v) is 61.7. The molecule has 10 aromatic rings. The highest BCUT2D eigenvalue weighted by Crippen LogP contribution is 2.36. The quantitative estimate of drug-likeness (QED) is 0.00569. The van der Waals surface area contributed by atoms with E-state index in [4.69, 9.17) is 60.8 Å². The SMILES string of the molecule is C=CCO/N=C(/N)c1ccc(NC(C(=O)NS(N)(=O)=O)c2cc(CC)c3occ(C)c3c2)cc1.CCc1cc(C(Nc2ccc(/C(N)=N\O)cc2)C(=O)NS(N)(=O)=O)cc2c(C)coc12.CCc1cc(C(Nc2ccc(/C(N)=N\OCc3cc(C)cc(C(F)(F)F)c3)cc2)C(=O)NS(N)(=O)=O)cc2c(C)coc12. The Morgan fingerprint density at radius 2 is 0.833 bits per heavy atom. The molecule has 0 saturated heterocycles. The number of halogens is 3. The second-order valence-corrected chi connectivity index (χ2v) is 28.4. The van der Waals surface area contributed by atoms with E-state index in [0.717, 1.165) is 72.8 Å². The molecule has 19 N–H and O–H groups in total. The summed E-state index contributed by atoms with van der Waals surface area (Å²) >= 11 is 0. The highest BCUT2D eigenvalue weighted by atomic mass is 32.2. The number of amides is 3. The molecule has 30 nitrogen and oxygen atoms in total. The molecule has 10 rings (SSSR count). The largest absolute Gasteiger partial charge is 0.464 e. The van der Waals surface area contributed by atoms with Crippen molar-refractivity contribution >= 4 is 116 Å². The lowest BCUT2D eigenvalue weighted by atomic mass is 9.98. The van der Waals surface area contributed by atoms with Gasteiger partial charge in [0.05, 0.1) is 24.4 Å². The molecular weight excluding hydrogens is 1470 g/mol. The van der Waals surface area contributed by atoms with Crippen LogP contribution >= 0.6 is 0 Å². The average Bonchev–Trinajstić information content (AvgIpc) is 1.72. The topological polar surface area (TPSA) is 497 Å². The molecule has 0 aliphatic heterocycles. The number of hydrogen-bond acceptors (Lipinski definition) is 21. The fourth-order valence-corrected chi connectivity index (χ4v) is 12.4. The predicted octanol–water partition coefficient (Wildman–Crippen LogP) is 9.41. The highest BCUT2D eigenvalue weighted by Gasteiger charge is 2.32. The fourth-order valence-electron chi connectivity index (χ4n) is 11.2. The van der Waals surface area contributed by atoms with Gasteiger partial charge in [-0.15, -0.1) is 0 Å². The Bertz CT molecular complexity index is 5420. The summed E-state index contributed by atoms with van der Waals surface area (Å²) < 4.78 is 131. The van der Waals surface area contributed by atoms with E-state index in [1.54, 1.807) is 141 Å². The van der Waals surface area contributed by atoms with Gasteiger partial charge in [-0.25, -0.2) is 29.6 Å². The number of furan rings is 3. The van der Waals surface area contributed by atoms with Crippen LogP contribution < -0.4 is 62.7 Å². The molecule has 3 heterocycles. The number of anilines is 3. The van der Waals surface area contributed by atoms with Crippen molar-refractivity contribution in [3.8, 4) is 0 Å². The van der Waals surface area contributed by atoms with Crippen LogP contribution in [-0.4, -0.2) is 72.3 Å². The number of nitrogens with zero attached hydrogens (tertiary/aromatic N) is 3. The van der Waals surface area contributed by atoms with Gasteiger partial charge >= 0.3 is 6.18 Å². The number of amidine groups is 3. The minimum absolute atomic E-state index is 0.0350. The number of aryl methyl sites for hydroxylation is 7. The number of hydrogen-bond donors (Lipinski definition) is 13. The van der Waals surface area contributed by atoms with Crippen LogP contribution in [0.5, 0.6) is 0 Å². The summed E-state index contributed by atoms with van der Waals surface area (Å²) in [6.45, 7) is 16.6. The molecule has 108 heavy (non-hydrogen) atoms. The molecule has 3 atom stereocenters. The number of oxime groups is 3. The van der Waals surface area contributed by atoms with Gasteiger partial charge in [0.2, 0.25) is 0 Å². The van der Waals surface area contributed by atoms with Gasteiger partial charge in [-0.1, -0.05) is 60.5 Å². The maximum atomic E-state index is 13.1. The lowest BCUT2D eigenvalue weighted by Crippen LogP contribution is -2.41. The van der Waals surface area contributed by atoms with Crippen molar-refractivity contribution < 1.29 is 80.9 Å². The Morgan fingerprint density at radius 3 is 1.13 bits per heavy atom. The standard InChI is InChI=1S/C29H30F3N5O5S.C23H27N5O5S.C20H23N5O5S/c1-4-19-12-21(13-24-17(3)14-41-26(19)24)25(28(38)37-43(34,39)40)35-23-7-5-20(6-8-23)27(33)36-42-15-18-9-16(2)10-22(11-18)29(30,31)32;1-4-10-33-27-22(24)16-6-8-18(9-7-16)26-20(23(29)28-34(25,30)31)17-11-15(5-2)21-19(12-17)14(3)13-32-21;1-3-12-8-14(9-16-11(2)10-30-18(12)16)17(20(26)25-31(22,28)29)23-15-6-4-13(5-7-15)19(21)24-27/h5-14,25,35H,4,15H2,1-3H3,(H2,33,36)(H,37,38)(H2,34,39,40);4,6-9,11-13,20,26H,1,5,10H2,2-3H3,(H2,24,27)(H,28,29)(H2,25,30,31);4-10,17,23,27H,3H2,1-2H3,(H2,21,24)(H,25,26)(H2,22,28,29). The summed E-state index contributed by atoms with van der Waals surface area (Å²) in [6, 6.07) is 30.5. The van der Waals surface area contributed by atoms with Crippen molar-refractivity contribution in [2.75, 3.05) is 22.6 Å². The van der Waals surface area contributed by atoms with Gasteiger partial charge in [-0.3, -0.25) is 14.4 Å². The van der Waals surface area contributed by atoms with Crippen LogP contribution in [0.25, 0.3) is 32.9 Å². The number of benzene rings is 7. The van der Waals surface area contributed by atoms with E-state index >= 15 is 0 Å². The molecule has 0 aliphatic rings. The van der Waals surface area contributed by atoms with Crippen LogP contribution in [0.3, 0.4) is 0 Å². The number of alkyl halides is 3. The predicted molar refractivity (Wildman–Crippen MR) is 404 cm³/mol. The van der Waals surface area contributed by atoms with E-state index in [1.807, 2.05) is 61.8 Å². The minimum Gasteiger partial charge on any atom is -0.464 e. The first-order chi connectivity index (χ1) is 50.9. The van der Waals surface area contributed by atoms with E-state index in [2.05, 4.69) is 38.0 Å². The molecule has 0 aliphatic carbocycles. The van der Waals surface area contributed by atoms with Gasteiger partial charge < -0.3 is 61.3 Å². The van der Waals surface area contributed by atoms with Crippen molar-refractivity contribution in [1.82, 2.24) is 14.2 Å². The van der Waals surface area contributed by atoms with Crippen LogP contribution in [0.4, 0.5) is 30.2 Å². The van der Waals surface area contributed by atoms with Crippen LogP contribution in [0.2, 0.25) is 0 Å². The molecule has 0 fully saturated rings. The summed E-state index contributed by atoms with van der Waals surface area (Å²) in [4.78, 5) is 49.0. The zero-order chi connectivity index (χ0) is 79.2. The third kappa shape index (κ3) is 21.8. The molecule has 0 bridgehead atoms. The summed E-state index contributed by atoms with van der Waals surface area (Å²) in [5.41, 5.74) is 29.3. The van der Waals surface area contributed by atoms with Gasteiger partial charge in [-0.2, -0.15) is 38.4 Å². The van der Waals surface area contributed by atoms with Crippen molar-refractivity contribution in [2.24, 2.45) is 48.1 Å². The smallest absolute Gasteiger partial charge is 0.416 e. The average molecular weight is 1550 g/mol. The van der Waals surface area contributed by atoms with Gasteiger partial charge in [-0.05, 0) is 224 Å². The third-order valence-electron chi connectivity index (χ3n) is 16.4. The van der Waals surface area contributed by atoms with Crippen LogP contribution in [0.15, 0.2) is 188 Å². The Hall–Kier alpha value is -12.0. The first-order valence-corrected chi connectivity index (χ1v) is 37.4. The Kier molecular flexibility index (Phi) is 26.5. The maximum Gasteiger partial charge on any atom is 0.416 e. The number of carbonyl (C=O) groups excluding carboxylic acids is 3. The lowest BCUT2D eigenvalue weighted by Gasteiger charge is -2.20. The first kappa shape index (κ1) is 81.7. The zero-order valence-electron chi connectivity index (χ0n) is 59.2. The molecule has 0 radical (unpaired) electrons. The van der Waals surface area contributed by atoms with Crippen molar-refractivity contribution in [3.63, 3.8) is 0 Å². The minimum atomic E-state index is -4.49. The summed E-state index contributed by atoms with van der Waals surface area (Å²) in [5.74, 6) is -2.49. The van der Waals surface area contributed by atoms with E-state index in [-0.39, 0.29) is 36.3 Å². The molecule has 0 spiro atoms. The van der Waals surface area contributed by atoms with Crippen molar-refractivity contribution in [3.05, 3.63) is 242 Å². The van der Waals surface area contributed by atoms with Gasteiger partial charge in [0, 0.05) is 49.9 Å². The fraction of sp³-hybridized carbons (Fsp3) is 0.222. The van der Waals surface area contributed by atoms with Crippen LogP contribution in [0, 0.1) is 27.7 Å². The van der Waals surface area contributed by atoms with E-state index in [0.29, 0.717) is 80.9 Å².